The number of halogens is 5. The van der Waals surface area contributed by atoms with E-state index in [0.717, 1.165) is 12.1 Å². The number of benzene rings is 3. The van der Waals surface area contributed by atoms with Crippen LogP contribution >= 0.6 is 23.2 Å². The molecule has 1 N–H and O–H groups in total. The Labute approximate surface area is 198 Å². The molecule has 0 spiro atoms. The van der Waals surface area contributed by atoms with Crippen LogP contribution in [-0.4, -0.2) is 17.9 Å². The number of fused-ring (bicyclic) bond motifs is 1. The van der Waals surface area contributed by atoms with Gasteiger partial charge in [-0.15, -0.1) is 0 Å². The van der Waals surface area contributed by atoms with Crippen molar-refractivity contribution in [3.05, 3.63) is 87.4 Å². The number of carbonyl (C=O) groups excluding carboxylic acids is 2. The molecule has 1 atom stereocenters. The van der Waals surface area contributed by atoms with Crippen LogP contribution in [0.3, 0.4) is 0 Å². The van der Waals surface area contributed by atoms with Crippen LogP contribution in [0, 0.1) is 0 Å². The zero-order valence-corrected chi connectivity index (χ0v) is 18.9. The van der Waals surface area contributed by atoms with Crippen molar-refractivity contribution in [2.75, 3.05) is 5.32 Å². The van der Waals surface area contributed by atoms with Gasteiger partial charge in [0.05, 0.1) is 0 Å². The summed E-state index contributed by atoms with van der Waals surface area (Å²) in [6, 6.07) is 15.2. The molecule has 0 heterocycles. The van der Waals surface area contributed by atoms with Gasteiger partial charge >= 0.3 is 6.18 Å². The third-order valence-electron chi connectivity index (χ3n) is 5.83. The van der Waals surface area contributed by atoms with Gasteiger partial charge in [-0.2, -0.15) is 13.2 Å². The van der Waals surface area contributed by atoms with Gasteiger partial charge in [-0.1, -0.05) is 60.5 Å². The number of ketones is 1. The van der Waals surface area contributed by atoms with Gasteiger partial charge in [-0.05, 0) is 59.0 Å². The minimum absolute atomic E-state index is 0.0163. The Balaban J connectivity index is 1.78. The second-order valence-corrected chi connectivity index (χ2v) is 8.79. The van der Waals surface area contributed by atoms with E-state index in [4.69, 9.17) is 23.2 Å². The van der Waals surface area contributed by atoms with Gasteiger partial charge in [0.15, 0.2) is 11.2 Å². The molecule has 0 aliphatic heterocycles. The Hall–Kier alpha value is -2.83. The number of carbonyl (C=O) groups is 2. The first kappa shape index (κ1) is 23.3. The first-order chi connectivity index (χ1) is 15.5. The van der Waals surface area contributed by atoms with E-state index in [9.17, 15) is 22.8 Å². The summed E-state index contributed by atoms with van der Waals surface area (Å²) in [5, 5.41) is 2.81. The van der Waals surface area contributed by atoms with Gasteiger partial charge in [0.2, 0.25) is 5.91 Å². The summed E-state index contributed by atoms with van der Waals surface area (Å²) in [5.41, 5.74) is -0.824. The van der Waals surface area contributed by atoms with E-state index in [2.05, 4.69) is 5.32 Å². The number of hydrogen-bond donors (Lipinski definition) is 1. The molecule has 8 heteroatoms. The molecule has 0 saturated carbocycles. The molecular weight excluding hydrogens is 474 g/mol. The van der Waals surface area contributed by atoms with Crippen LogP contribution in [-0.2, 0) is 16.6 Å². The number of Topliss-reactive ketones (excluding diaryl/α,β-unsaturated/α-hetero) is 1. The lowest BCUT2D eigenvalue weighted by Gasteiger charge is -2.30. The molecular formula is C25H18Cl2F3NO2. The molecule has 0 bridgehead atoms. The van der Waals surface area contributed by atoms with Gasteiger partial charge < -0.3 is 5.32 Å². The molecule has 33 heavy (non-hydrogen) atoms. The molecule has 0 fully saturated rings. The number of rotatable bonds is 4. The standard InChI is InChI=1S/C25H18Cl2F3NO2/c1-2-22(32)31-20-5-3-4-14(9-20)15-6-7-21-16(8-15)13-24(23(21)33,25(28,29)30)17-10-18(26)12-19(27)11-17/h3-12H,2,13H2,1H3,(H,31,32). The molecule has 4 rings (SSSR count). The van der Waals surface area contributed by atoms with Crippen molar-refractivity contribution in [1.29, 1.82) is 0 Å². The van der Waals surface area contributed by atoms with Crippen LogP contribution in [0.4, 0.5) is 18.9 Å². The Morgan fingerprint density at radius 3 is 2.30 bits per heavy atom. The predicted molar refractivity (Wildman–Crippen MR) is 123 cm³/mol. The Kier molecular flexibility index (Phi) is 6.01. The summed E-state index contributed by atoms with van der Waals surface area (Å²) >= 11 is 11.9. The zero-order chi connectivity index (χ0) is 24.0. The smallest absolute Gasteiger partial charge is 0.326 e. The largest absolute Gasteiger partial charge is 0.405 e. The first-order valence-corrected chi connectivity index (χ1v) is 10.9. The van der Waals surface area contributed by atoms with Gasteiger partial charge in [0.1, 0.15) is 0 Å². The quantitative estimate of drug-likeness (QED) is 0.417. The summed E-state index contributed by atoms with van der Waals surface area (Å²) < 4.78 is 43.4. The fourth-order valence-corrected chi connectivity index (χ4v) is 4.71. The highest BCUT2D eigenvalue weighted by molar-refractivity contribution is 6.34. The van der Waals surface area contributed by atoms with E-state index in [1.807, 2.05) is 0 Å². The van der Waals surface area contributed by atoms with E-state index in [-0.39, 0.29) is 32.6 Å². The molecule has 3 nitrogen and oxygen atoms in total. The maximum absolute atomic E-state index is 14.5. The lowest BCUT2D eigenvalue weighted by Crippen LogP contribution is -2.47. The van der Waals surface area contributed by atoms with E-state index >= 15 is 0 Å². The fraction of sp³-hybridized carbons (Fsp3) is 0.200. The third-order valence-corrected chi connectivity index (χ3v) is 6.27. The fourth-order valence-electron chi connectivity index (χ4n) is 4.19. The zero-order valence-electron chi connectivity index (χ0n) is 17.4. The van der Waals surface area contributed by atoms with E-state index < -0.39 is 23.8 Å². The van der Waals surface area contributed by atoms with Crippen molar-refractivity contribution in [3.8, 4) is 11.1 Å². The number of nitrogens with one attached hydrogen (secondary N) is 1. The maximum atomic E-state index is 14.5. The SMILES string of the molecule is CCC(=O)Nc1cccc(-c2ccc3c(c2)CC(c2cc(Cl)cc(Cl)c2)(C(F)(F)F)C3=O)c1. The molecule has 3 aromatic carbocycles. The van der Waals surface area contributed by atoms with E-state index in [1.54, 1.807) is 43.3 Å². The van der Waals surface area contributed by atoms with Gasteiger partial charge in [-0.3, -0.25) is 9.59 Å². The second kappa shape index (κ2) is 8.50. The first-order valence-electron chi connectivity index (χ1n) is 10.2. The molecule has 0 aromatic heterocycles. The summed E-state index contributed by atoms with van der Waals surface area (Å²) in [7, 11) is 0. The molecule has 0 saturated heterocycles. The van der Waals surface area contributed by atoms with Gasteiger partial charge in [0.25, 0.3) is 0 Å². The van der Waals surface area contributed by atoms with Gasteiger partial charge in [-0.25, -0.2) is 0 Å². The monoisotopic (exact) mass is 491 g/mol. The summed E-state index contributed by atoms with van der Waals surface area (Å²) in [5.74, 6) is -1.18. The molecule has 1 aliphatic rings. The number of hydrogen-bond acceptors (Lipinski definition) is 2. The van der Waals surface area contributed by atoms with Crippen molar-refractivity contribution < 1.29 is 22.8 Å². The van der Waals surface area contributed by atoms with Crippen LogP contribution < -0.4 is 5.32 Å². The van der Waals surface area contributed by atoms with Crippen LogP contribution in [0.25, 0.3) is 11.1 Å². The topological polar surface area (TPSA) is 46.2 Å². The van der Waals surface area contributed by atoms with Crippen LogP contribution in [0.1, 0.15) is 34.8 Å². The highest BCUT2D eigenvalue weighted by atomic mass is 35.5. The Morgan fingerprint density at radius 1 is 1.00 bits per heavy atom. The summed E-state index contributed by atoms with van der Waals surface area (Å²) in [4.78, 5) is 24.9. The van der Waals surface area contributed by atoms with E-state index in [0.29, 0.717) is 23.2 Å². The van der Waals surface area contributed by atoms with Crippen molar-refractivity contribution >= 4 is 40.6 Å². The summed E-state index contributed by atoms with van der Waals surface area (Å²) in [6.45, 7) is 1.73. The molecule has 1 amide bonds. The third kappa shape index (κ3) is 4.13. The lowest BCUT2D eigenvalue weighted by atomic mass is 9.76. The minimum Gasteiger partial charge on any atom is -0.326 e. The molecule has 170 valence electrons. The highest BCUT2D eigenvalue weighted by Gasteiger charge is 2.64. The average Bonchev–Trinajstić information content (AvgIpc) is 3.06. The summed E-state index contributed by atoms with van der Waals surface area (Å²) in [6.07, 6.45) is -5.10. The Morgan fingerprint density at radius 2 is 1.67 bits per heavy atom. The number of alkyl halides is 3. The van der Waals surface area contributed by atoms with Gasteiger partial charge in [0, 0.05) is 27.7 Å². The van der Waals surface area contributed by atoms with Crippen molar-refractivity contribution in [1.82, 2.24) is 0 Å². The Bertz CT molecular complexity index is 1250. The average molecular weight is 492 g/mol. The van der Waals surface area contributed by atoms with Crippen LogP contribution in [0.15, 0.2) is 60.7 Å². The molecule has 1 unspecified atom stereocenters. The van der Waals surface area contributed by atoms with E-state index in [1.165, 1.54) is 12.1 Å². The minimum atomic E-state index is -4.86. The molecule has 0 radical (unpaired) electrons. The predicted octanol–water partition coefficient (Wildman–Crippen LogP) is 7.25. The van der Waals surface area contributed by atoms with Crippen LogP contribution in [0.2, 0.25) is 10.0 Å². The highest BCUT2D eigenvalue weighted by Crippen LogP contribution is 2.51. The van der Waals surface area contributed by atoms with Crippen molar-refractivity contribution in [3.63, 3.8) is 0 Å². The lowest BCUT2D eigenvalue weighted by molar-refractivity contribution is -0.173. The van der Waals surface area contributed by atoms with Crippen LogP contribution in [0.5, 0.6) is 0 Å². The second-order valence-electron chi connectivity index (χ2n) is 7.92. The molecule has 3 aromatic rings. The molecule has 1 aliphatic carbocycles. The van der Waals surface area contributed by atoms with Crippen molar-refractivity contribution in [2.24, 2.45) is 0 Å². The normalized spacial score (nSPS) is 17.7. The van der Waals surface area contributed by atoms with Crippen molar-refractivity contribution in [2.45, 2.75) is 31.4 Å². The maximum Gasteiger partial charge on any atom is 0.405 e. The number of anilines is 1. The number of amides is 1.